The maximum atomic E-state index is 9.28. The van der Waals surface area contributed by atoms with E-state index in [4.69, 9.17) is 0 Å². The standard InChI is InChI=1S/C17H21N3/c1-11-6-14-8-16(19-17(14)7-12(11)2)13(3)15(9-18)10-20(4)5/h6-7,10,16,19H,3,8H2,1-2,4-5H3/b15-10+. The largest absolute Gasteiger partial charge is 0.382 e. The van der Waals surface area contributed by atoms with Crippen molar-refractivity contribution in [3.63, 3.8) is 0 Å². The number of hydrogen-bond acceptors (Lipinski definition) is 3. The van der Waals surface area contributed by atoms with Gasteiger partial charge in [0.1, 0.15) is 6.07 Å². The Labute approximate surface area is 121 Å². The SMILES string of the molecule is C=C(/C(C#N)=C/N(C)C)C1Cc2cc(C)c(C)cc2N1. The number of hydrogen-bond donors (Lipinski definition) is 1. The van der Waals surface area contributed by atoms with Crippen LogP contribution < -0.4 is 5.32 Å². The van der Waals surface area contributed by atoms with Gasteiger partial charge < -0.3 is 10.2 Å². The van der Waals surface area contributed by atoms with Gasteiger partial charge in [0.2, 0.25) is 0 Å². The molecule has 2 rings (SSSR count). The number of fused-ring (bicyclic) bond motifs is 1. The van der Waals surface area contributed by atoms with E-state index in [-0.39, 0.29) is 6.04 Å². The van der Waals surface area contributed by atoms with Crippen LogP contribution in [0.5, 0.6) is 0 Å². The highest BCUT2D eigenvalue weighted by Crippen LogP contribution is 2.32. The molecule has 3 heteroatoms. The highest BCUT2D eigenvalue weighted by atomic mass is 15.0. The predicted molar refractivity (Wildman–Crippen MR) is 83.6 cm³/mol. The van der Waals surface area contributed by atoms with Gasteiger partial charge in [-0.3, -0.25) is 0 Å². The Hall–Kier alpha value is -2.21. The summed E-state index contributed by atoms with van der Waals surface area (Å²) in [6, 6.07) is 6.76. The molecule has 0 amide bonds. The lowest BCUT2D eigenvalue weighted by atomic mass is 9.97. The van der Waals surface area contributed by atoms with Gasteiger partial charge in [-0.25, -0.2) is 0 Å². The van der Waals surface area contributed by atoms with E-state index in [9.17, 15) is 5.26 Å². The molecule has 1 aliphatic rings. The smallest absolute Gasteiger partial charge is 0.101 e. The number of nitrogens with zero attached hydrogens (tertiary/aromatic N) is 2. The summed E-state index contributed by atoms with van der Waals surface area (Å²) in [5.74, 6) is 0. The fourth-order valence-corrected chi connectivity index (χ4v) is 2.48. The first kappa shape index (κ1) is 14.2. The third kappa shape index (κ3) is 2.70. The highest BCUT2D eigenvalue weighted by Gasteiger charge is 2.25. The van der Waals surface area contributed by atoms with Gasteiger partial charge in [-0.2, -0.15) is 5.26 Å². The molecular formula is C17H21N3. The zero-order valence-corrected chi connectivity index (χ0v) is 12.6. The van der Waals surface area contributed by atoms with Crippen molar-refractivity contribution in [2.24, 2.45) is 0 Å². The molecule has 0 aromatic heterocycles. The molecule has 0 aliphatic carbocycles. The molecular weight excluding hydrogens is 246 g/mol. The molecule has 0 radical (unpaired) electrons. The lowest BCUT2D eigenvalue weighted by Crippen LogP contribution is -2.19. The molecule has 0 fully saturated rings. The Morgan fingerprint density at radius 2 is 2.05 bits per heavy atom. The van der Waals surface area contributed by atoms with Crippen LogP contribution in [0.15, 0.2) is 36.1 Å². The van der Waals surface area contributed by atoms with Gasteiger partial charge >= 0.3 is 0 Å². The summed E-state index contributed by atoms with van der Waals surface area (Å²) < 4.78 is 0. The molecule has 20 heavy (non-hydrogen) atoms. The Morgan fingerprint density at radius 1 is 1.40 bits per heavy atom. The zero-order chi connectivity index (χ0) is 14.9. The van der Waals surface area contributed by atoms with Crippen LogP contribution in [-0.4, -0.2) is 25.0 Å². The molecule has 1 aromatic rings. The van der Waals surface area contributed by atoms with E-state index in [0.717, 1.165) is 12.0 Å². The molecule has 3 nitrogen and oxygen atoms in total. The van der Waals surface area contributed by atoms with Crippen molar-refractivity contribution in [1.29, 1.82) is 5.26 Å². The Morgan fingerprint density at radius 3 is 2.65 bits per heavy atom. The van der Waals surface area contributed by atoms with E-state index in [2.05, 4.69) is 43.9 Å². The van der Waals surface area contributed by atoms with Crippen molar-refractivity contribution in [3.8, 4) is 6.07 Å². The van der Waals surface area contributed by atoms with E-state index in [1.807, 2.05) is 25.2 Å². The number of benzene rings is 1. The minimum atomic E-state index is 0.108. The van der Waals surface area contributed by atoms with Crippen molar-refractivity contribution < 1.29 is 0 Å². The van der Waals surface area contributed by atoms with Crippen LogP contribution in [0.1, 0.15) is 16.7 Å². The fourth-order valence-electron chi connectivity index (χ4n) is 2.48. The number of aryl methyl sites for hydroxylation is 2. The lowest BCUT2D eigenvalue weighted by molar-refractivity contribution is 0.560. The van der Waals surface area contributed by atoms with Gasteiger partial charge in [0, 0.05) is 26.0 Å². The quantitative estimate of drug-likeness (QED) is 0.675. The van der Waals surface area contributed by atoms with E-state index >= 15 is 0 Å². The van der Waals surface area contributed by atoms with Gasteiger partial charge in [0.25, 0.3) is 0 Å². The molecule has 1 atom stereocenters. The van der Waals surface area contributed by atoms with E-state index < -0.39 is 0 Å². The van der Waals surface area contributed by atoms with Gasteiger partial charge in [-0.1, -0.05) is 12.6 Å². The average molecular weight is 267 g/mol. The lowest BCUT2D eigenvalue weighted by Gasteiger charge is -2.15. The van der Waals surface area contributed by atoms with Crippen LogP contribution in [0.3, 0.4) is 0 Å². The summed E-state index contributed by atoms with van der Waals surface area (Å²) in [6.07, 6.45) is 2.71. The van der Waals surface area contributed by atoms with Crippen LogP contribution in [0.25, 0.3) is 0 Å². The number of rotatable bonds is 3. The second kappa shape index (κ2) is 5.42. The molecule has 1 heterocycles. The van der Waals surface area contributed by atoms with Crippen LogP contribution in [0.2, 0.25) is 0 Å². The summed E-state index contributed by atoms with van der Waals surface area (Å²) in [4.78, 5) is 1.88. The van der Waals surface area contributed by atoms with E-state index in [1.165, 1.54) is 22.4 Å². The molecule has 104 valence electrons. The van der Waals surface area contributed by atoms with Crippen molar-refractivity contribution in [1.82, 2.24) is 4.90 Å². The molecule has 1 unspecified atom stereocenters. The third-order valence-electron chi connectivity index (χ3n) is 3.75. The molecule has 0 saturated carbocycles. The third-order valence-corrected chi connectivity index (χ3v) is 3.75. The second-order valence-electron chi connectivity index (χ2n) is 5.64. The minimum Gasteiger partial charge on any atom is -0.382 e. The Kier molecular flexibility index (Phi) is 3.85. The number of anilines is 1. The Bertz CT molecular complexity index is 587. The predicted octanol–water partition coefficient (Wildman–Crippen LogP) is 3.17. The summed E-state index contributed by atoms with van der Waals surface area (Å²) in [5.41, 5.74) is 6.55. The fraction of sp³-hybridized carbons (Fsp3) is 0.353. The van der Waals surface area contributed by atoms with E-state index in [0.29, 0.717) is 5.57 Å². The van der Waals surface area contributed by atoms with E-state index in [1.54, 1.807) is 0 Å². The molecule has 1 aliphatic heterocycles. The maximum Gasteiger partial charge on any atom is 0.101 e. The maximum absolute atomic E-state index is 9.28. The van der Waals surface area contributed by atoms with Crippen LogP contribution in [0.4, 0.5) is 5.69 Å². The second-order valence-corrected chi connectivity index (χ2v) is 5.64. The topological polar surface area (TPSA) is 39.1 Å². The van der Waals surface area contributed by atoms with Gasteiger partial charge in [0.15, 0.2) is 0 Å². The van der Waals surface area contributed by atoms with Crippen molar-refractivity contribution in [3.05, 3.63) is 52.7 Å². The molecule has 1 aromatic carbocycles. The monoisotopic (exact) mass is 267 g/mol. The van der Waals surface area contributed by atoms with Crippen molar-refractivity contribution >= 4 is 5.69 Å². The minimum absolute atomic E-state index is 0.108. The summed E-state index contributed by atoms with van der Waals surface area (Å²) in [6.45, 7) is 8.36. The normalized spacial score (nSPS) is 17.1. The first-order chi connectivity index (χ1) is 9.42. The molecule has 1 N–H and O–H groups in total. The summed E-state index contributed by atoms with van der Waals surface area (Å²) in [7, 11) is 3.82. The van der Waals surface area contributed by atoms with Gasteiger partial charge in [0.05, 0.1) is 11.6 Å². The van der Waals surface area contributed by atoms with Crippen molar-refractivity contribution in [2.45, 2.75) is 26.3 Å². The average Bonchev–Trinajstić information content (AvgIpc) is 2.78. The zero-order valence-electron chi connectivity index (χ0n) is 12.6. The first-order valence-corrected chi connectivity index (χ1v) is 6.76. The number of nitrogens with one attached hydrogen (secondary N) is 1. The van der Waals surface area contributed by atoms with Crippen LogP contribution in [-0.2, 0) is 6.42 Å². The van der Waals surface area contributed by atoms with Crippen LogP contribution >= 0.6 is 0 Å². The highest BCUT2D eigenvalue weighted by molar-refractivity contribution is 5.63. The van der Waals surface area contributed by atoms with Gasteiger partial charge in [-0.05, 0) is 48.6 Å². The molecule has 0 saturated heterocycles. The van der Waals surface area contributed by atoms with Gasteiger partial charge in [-0.15, -0.1) is 0 Å². The number of nitriles is 1. The van der Waals surface area contributed by atoms with Crippen molar-refractivity contribution in [2.75, 3.05) is 19.4 Å². The molecule has 0 bridgehead atoms. The first-order valence-electron chi connectivity index (χ1n) is 6.76. The summed E-state index contributed by atoms with van der Waals surface area (Å²) in [5, 5.41) is 12.8. The van der Waals surface area contributed by atoms with Crippen LogP contribution in [0, 0.1) is 25.2 Å². The summed E-state index contributed by atoms with van der Waals surface area (Å²) >= 11 is 0. The Balaban J connectivity index is 2.23. The molecule has 0 spiro atoms.